The van der Waals surface area contributed by atoms with Crippen molar-refractivity contribution in [3.05, 3.63) is 46.8 Å². The first-order chi connectivity index (χ1) is 14.3. The average molecular weight is 439 g/mol. The van der Waals surface area contributed by atoms with Crippen molar-refractivity contribution >= 4 is 24.9 Å². The number of phosphoric ester groups is 1. The van der Waals surface area contributed by atoms with Gasteiger partial charge in [-0.2, -0.15) is 4.98 Å². The monoisotopic (exact) mass is 439 g/mol. The van der Waals surface area contributed by atoms with Gasteiger partial charge in [-0.05, 0) is 24.5 Å². The van der Waals surface area contributed by atoms with E-state index >= 15 is 0 Å². The van der Waals surface area contributed by atoms with E-state index in [4.69, 9.17) is 14.8 Å². The fourth-order valence-corrected chi connectivity index (χ4v) is 4.43. The Labute approximate surface area is 168 Å². The number of halogens is 1. The average Bonchev–Trinajstić information content (AvgIpc) is 3.04. The molecular weight excluding hydrogens is 420 g/mol. The van der Waals surface area contributed by atoms with E-state index in [0.717, 1.165) is 6.07 Å². The van der Waals surface area contributed by atoms with Crippen LogP contribution >= 0.6 is 7.82 Å². The van der Waals surface area contributed by atoms with Crippen LogP contribution in [0.25, 0.3) is 11.2 Å². The predicted molar refractivity (Wildman–Crippen MR) is 103 cm³/mol. The second-order valence-electron chi connectivity index (χ2n) is 7.00. The molecule has 13 heteroatoms. The lowest BCUT2D eigenvalue weighted by Gasteiger charge is -2.44. The van der Waals surface area contributed by atoms with Gasteiger partial charge in [0.05, 0.1) is 12.9 Å². The summed E-state index contributed by atoms with van der Waals surface area (Å²) in [5.74, 6) is -1.39. The van der Waals surface area contributed by atoms with Crippen LogP contribution < -0.4 is 15.8 Å². The van der Waals surface area contributed by atoms with Crippen LogP contribution in [0, 0.1) is 17.7 Å². The molecule has 2 heterocycles. The predicted octanol–water partition coefficient (Wildman–Crippen LogP) is 1.21. The van der Waals surface area contributed by atoms with Gasteiger partial charge in [-0.1, -0.05) is 6.07 Å². The molecule has 3 aromatic rings. The number of aliphatic hydroxyl groups excluding tert-OH is 1. The van der Waals surface area contributed by atoms with Gasteiger partial charge in [-0.25, -0.2) is 13.9 Å². The van der Waals surface area contributed by atoms with Gasteiger partial charge in [-0.3, -0.25) is 19.2 Å². The molecule has 2 aromatic heterocycles. The zero-order valence-electron chi connectivity index (χ0n) is 15.5. The smallest absolute Gasteiger partial charge is 0.404 e. The Kier molecular flexibility index (Phi) is 5.33. The molecule has 0 aliphatic heterocycles. The van der Waals surface area contributed by atoms with Gasteiger partial charge in [0.2, 0.25) is 5.95 Å². The van der Waals surface area contributed by atoms with Crippen molar-refractivity contribution in [3.8, 4) is 5.75 Å². The van der Waals surface area contributed by atoms with Crippen LogP contribution in [0.2, 0.25) is 0 Å². The Morgan fingerprint density at radius 3 is 2.97 bits per heavy atom. The highest BCUT2D eigenvalue weighted by Gasteiger charge is 2.44. The largest absolute Gasteiger partial charge is 0.527 e. The molecular formula is C17H19FN5O6P. The number of nitrogens with zero attached hydrogens (tertiary/aromatic N) is 3. The number of hydrogen-bond acceptors (Lipinski definition) is 8. The molecule has 1 aromatic carbocycles. The molecule has 11 nitrogen and oxygen atoms in total. The topological polar surface area (TPSA) is 166 Å². The number of H-pyrrole nitrogens is 1. The van der Waals surface area contributed by atoms with Crippen LogP contribution in [-0.4, -0.2) is 42.7 Å². The quantitative estimate of drug-likeness (QED) is 0.396. The summed E-state index contributed by atoms with van der Waals surface area (Å²) >= 11 is 0. The van der Waals surface area contributed by atoms with Gasteiger partial charge in [0.1, 0.15) is 11.6 Å². The SMILES string of the molecule is Nc1nc2c(ncn2C2CC(COP(=O)(O)Oc3cccc(F)c3)C2CO)c(=O)[nH]1. The summed E-state index contributed by atoms with van der Waals surface area (Å²) in [5.41, 5.74) is 5.56. The number of anilines is 1. The van der Waals surface area contributed by atoms with E-state index in [9.17, 15) is 23.7 Å². The maximum absolute atomic E-state index is 13.2. The number of nitrogens with one attached hydrogen (secondary N) is 1. The van der Waals surface area contributed by atoms with Crippen LogP contribution in [0.15, 0.2) is 35.4 Å². The van der Waals surface area contributed by atoms with Gasteiger partial charge in [-0.15, -0.1) is 0 Å². The molecule has 1 aliphatic carbocycles. The Morgan fingerprint density at radius 1 is 1.43 bits per heavy atom. The third-order valence-corrected chi connectivity index (χ3v) is 6.05. The summed E-state index contributed by atoms with van der Waals surface area (Å²) in [6.07, 6.45) is 1.92. The number of aliphatic hydroxyl groups is 1. The molecule has 5 N–H and O–H groups in total. The molecule has 1 fully saturated rings. The number of fused-ring (bicyclic) bond motifs is 1. The number of aromatic amines is 1. The van der Waals surface area contributed by atoms with Crippen molar-refractivity contribution in [1.29, 1.82) is 0 Å². The van der Waals surface area contributed by atoms with E-state index in [0.29, 0.717) is 12.1 Å². The second kappa shape index (κ2) is 7.80. The second-order valence-corrected chi connectivity index (χ2v) is 8.38. The number of nitrogen functional groups attached to an aromatic ring is 1. The van der Waals surface area contributed by atoms with Crippen molar-refractivity contribution < 1.29 is 28.0 Å². The van der Waals surface area contributed by atoms with Gasteiger partial charge in [0.25, 0.3) is 5.56 Å². The van der Waals surface area contributed by atoms with E-state index in [1.807, 2.05) is 0 Å². The number of phosphoric acid groups is 1. The lowest BCUT2D eigenvalue weighted by Crippen LogP contribution is -2.43. The standard InChI is InChI=1S/C17H19FN5O6P/c18-10-2-1-3-11(5-10)29-30(26,27)28-7-9-4-13(12(9)6-24)23-8-20-14-15(23)21-17(19)22-16(14)25/h1-3,5,8-9,12-13,24H,4,6-7H2,(H,26,27)(H3,19,21,22,25). The Morgan fingerprint density at radius 2 is 2.23 bits per heavy atom. The maximum atomic E-state index is 13.2. The fraction of sp³-hybridized carbons (Fsp3) is 0.353. The van der Waals surface area contributed by atoms with E-state index in [-0.39, 0.29) is 48.3 Å². The molecule has 0 bridgehead atoms. The van der Waals surface area contributed by atoms with Crippen molar-refractivity contribution in [2.75, 3.05) is 18.9 Å². The van der Waals surface area contributed by atoms with Crippen molar-refractivity contribution in [2.24, 2.45) is 11.8 Å². The van der Waals surface area contributed by atoms with Crippen LogP contribution in [0.1, 0.15) is 12.5 Å². The molecule has 30 heavy (non-hydrogen) atoms. The summed E-state index contributed by atoms with van der Waals surface area (Å²) in [7, 11) is -4.48. The van der Waals surface area contributed by atoms with Crippen molar-refractivity contribution in [2.45, 2.75) is 12.5 Å². The normalized spacial score (nSPS) is 23.1. The Balaban J connectivity index is 1.43. The highest BCUT2D eigenvalue weighted by Crippen LogP contribution is 2.49. The summed E-state index contributed by atoms with van der Waals surface area (Å²) in [6, 6.07) is 4.56. The summed E-state index contributed by atoms with van der Waals surface area (Å²) < 4.78 is 36.9. The first-order valence-corrected chi connectivity index (χ1v) is 10.5. The van der Waals surface area contributed by atoms with Gasteiger partial charge in [0.15, 0.2) is 11.2 Å². The molecule has 0 amide bonds. The lowest BCUT2D eigenvalue weighted by atomic mass is 9.70. The highest BCUT2D eigenvalue weighted by atomic mass is 31.2. The van der Waals surface area contributed by atoms with Gasteiger partial charge >= 0.3 is 7.82 Å². The molecule has 4 unspecified atom stereocenters. The maximum Gasteiger partial charge on any atom is 0.527 e. The third-order valence-electron chi connectivity index (χ3n) is 5.13. The van der Waals surface area contributed by atoms with Crippen LogP contribution in [0.4, 0.5) is 10.3 Å². The number of nitrogens with two attached hydrogens (primary N) is 1. The molecule has 4 rings (SSSR count). The van der Waals surface area contributed by atoms with Crippen LogP contribution in [0.3, 0.4) is 0 Å². The van der Waals surface area contributed by atoms with Crippen molar-refractivity contribution in [1.82, 2.24) is 19.5 Å². The van der Waals surface area contributed by atoms with E-state index in [2.05, 4.69) is 15.0 Å². The minimum absolute atomic E-state index is 0.0512. The first-order valence-electron chi connectivity index (χ1n) is 9.03. The van der Waals surface area contributed by atoms with E-state index in [1.54, 1.807) is 4.57 Å². The minimum Gasteiger partial charge on any atom is -0.404 e. The molecule has 1 aliphatic rings. The van der Waals surface area contributed by atoms with Crippen LogP contribution in [0.5, 0.6) is 5.75 Å². The number of hydrogen-bond donors (Lipinski definition) is 4. The van der Waals surface area contributed by atoms with Gasteiger partial charge < -0.3 is 19.9 Å². The minimum atomic E-state index is -4.48. The molecule has 0 saturated heterocycles. The van der Waals surface area contributed by atoms with E-state index < -0.39 is 19.2 Å². The summed E-state index contributed by atoms with van der Waals surface area (Å²) in [5, 5.41) is 9.80. The van der Waals surface area contributed by atoms with E-state index in [1.165, 1.54) is 24.5 Å². The highest BCUT2D eigenvalue weighted by molar-refractivity contribution is 7.47. The molecule has 1 saturated carbocycles. The Hall–Kier alpha value is -2.79. The lowest BCUT2D eigenvalue weighted by molar-refractivity contribution is -0.00488. The third kappa shape index (κ3) is 3.94. The number of benzene rings is 1. The fourth-order valence-electron chi connectivity index (χ4n) is 3.62. The van der Waals surface area contributed by atoms with Crippen LogP contribution in [-0.2, 0) is 9.09 Å². The van der Waals surface area contributed by atoms with Gasteiger partial charge in [0, 0.05) is 24.6 Å². The zero-order chi connectivity index (χ0) is 21.5. The summed E-state index contributed by atoms with van der Waals surface area (Å²) in [4.78, 5) is 32.3. The Bertz CT molecular complexity index is 1180. The summed E-state index contributed by atoms with van der Waals surface area (Å²) in [6.45, 7) is -0.384. The number of rotatable bonds is 7. The molecule has 0 spiro atoms. The number of imidazole rings is 1. The molecule has 4 atom stereocenters. The first kappa shape index (κ1) is 20.5. The molecule has 0 radical (unpaired) electrons. The zero-order valence-corrected chi connectivity index (χ0v) is 16.4. The number of aromatic nitrogens is 4. The molecule has 160 valence electrons. The van der Waals surface area contributed by atoms with Crippen molar-refractivity contribution in [3.63, 3.8) is 0 Å².